The lowest BCUT2D eigenvalue weighted by molar-refractivity contribution is -0.200. The van der Waals surface area contributed by atoms with Crippen molar-refractivity contribution < 1.29 is 14.2 Å². The summed E-state index contributed by atoms with van der Waals surface area (Å²) in [5, 5.41) is 0. The number of fused-ring (bicyclic) bond motifs is 1. The van der Waals surface area contributed by atoms with Gasteiger partial charge in [0, 0.05) is 32.1 Å². The molecule has 0 radical (unpaired) electrons. The Bertz CT molecular complexity index is 377. The molecule has 0 saturated heterocycles. The van der Waals surface area contributed by atoms with Crippen molar-refractivity contribution in [2.75, 3.05) is 13.2 Å². The normalized spacial score (nSPS) is 27.4. The van der Waals surface area contributed by atoms with Gasteiger partial charge in [0.05, 0.1) is 6.10 Å². The molecule has 3 heteroatoms. The Balaban J connectivity index is 2.29. The highest BCUT2D eigenvalue weighted by Gasteiger charge is 2.38. The summed E-state index contributed by atoms with van der Waals surface area (Å²) in [5.41, 5.74) is 1.12. The Morgan fingerprint density at radius 1 is 1.29 bits per heavy atom. The van der Waals surface area contributed by atoms with Crippen molar-refractivity contribution >= 4 is 0 Å². The first-order chi connectivity index (χ1) is 8.18. The molecule has 0 aromatic heterocycles. The summed E-state index contributed by atoms with van der Waals surface area (Å²) in [6, 6.07) is 8.01. The zero-order chi connectivity index (χ0) is 12.3. The number of ether oxygens (including phenoxy) is 3. The molecule has 1 aliphatic heterocycles. The second kappa shape index (κ2) is 5.07. The Hall–Kier alpha value is -1.06. The predicted octanol–water partition coefficient (Wildman–Crippen LogP) is 3.30. The number of rotatable bonds is 4. The van der Waals surface area contributed by atoms with Crippen LogP contribution in [0.25, 0.3) is 0 Å². The summed E-state index contributed by atoms with van der Waals surface area (Å²) >= 11 is 0. The fourth-order valence-electron chi connectivity index (χ4n) is 2.30. The van der Waals surface area contributed by atoms with Gasteiger partial charge in [-0.3, -0.25) is 0 Å². The standard InChI is InChI=1S/C14H20O3/c1-4-15-13-10-14(3,16-5-2)17-12-9-7-6-8-11(12)13/h6-9,13H,4-5,10H2,1-3H3/t13-,14-/m0/s1. The van der Waals surface area contributed by atoms with Gasteiger partial charge >= 0.3 is 0 Å². The first-order valence-electron chi connectivity index (χ1n) is 6.22. The maximum atomic E-state index is 5.93. The Morgan fingerprint density at radius 3 is 2.76 bits per heavy atom. The van der Waals surface area contributed by atoms with Crippen molar-refractivity contribution in [2.45, 2.75) is 39.1 Å². The van der Waals surface area contributed by atoms with E-state index in [2.05, 4.69) is 6.07 Å². The fourth-order valence-corrected chi connectivity index (χ4v) is 2.30. The second-order valence-electron chi connectivity index (χ2n) is 4.35. The number of para-hydroxylation sites is 1. The molecule has 94 valence electrons. The highest BCUT2D eigenvalue weighted by molar-refractivity contribution is 5.37. The van der Waals surface area contributed by atoms with Gasteiger partial charge in [0.15, 0.2) is 0 Å². The van der Waals surface area contributed by atoms with Crippen molar-refractivity contribution in [2.24, 2.45) is 0 Å². The molecule has 0 unspecified atom stereocenters. The molecule has 0 amide bonds. The average Bonchev–Trinajstić information content (AvgIpc) is 2.29. The van der Waals surface area contributed by atoms with Gasteiger partial charge in [0.2, 0.25) is 5.79 Å². The lowest BCUT2D eigenvalue weighted by Gasteiger charge is -2.39. The second-order valence-corrected chi connectivity index (χ2v) is 4.35. The first-order valence-corrected chi connectivity index (χ1v) is 6.22. The van der Waals surface area contributed by atoms with Gasteiger partial charge < -0.3 is 14.2 Å². The van der Waals surface area contributed by atoms with E-state index >= 15 is 0 Å². The molecule has 17 heavy (non-hydrogen) atoms. The summed E-state index contributed by atoms with van der Waals surface area (Å²) in [6.07, 6.45) is 0.785. The summed E-state index contributed by atoms with van der Waals surface area (Å²) in [4.78, 5) is 0. The molecule has 0 N–H and O–H groups in total. The van der Waals surface area contributed by atoms with E-state index in [-0.39, 0.29) is 6.10 Å². The molecule has 0 spiro atoms. The van der Waals surface area contributed by atoms with Crippen LogP contribution in [0, 0.1) is 0 Å². The van der Waals surface area contributed by atoms with Gasteiger partial charge in [-0.25, -0.2) is 0 Å². The fraction of sp³-hybridized carbons (Fsp3) is 0.571. The van der Waals surface area contributed by atoms with Crippen LogP contribution in [0.2, 0.25) is 0 Å². The molecule has 1 heterocycles. The quantitative estimate of drug-likeness (QED) is 0.802. The molecule has 3 nitrogen and oxygen atoms in total. The lowest BCUT2D eigenvalue weighted by Crippen LogP contribution is -2.41. The van der Waals surface area contributed by atoms with Crippen LogP contribution >= 0.6 is 0 Å². The first kappa shape index (κ1) is 12.4. The van der Waals surface area contributed by atoms with Crippen LogP contribution in [-0.2, 0) is 9.47 Å². The van der Waals surface area contributed by atoms with Crippen molar-refractivity contribution in [1.82, 2.24) is 0 Å². The molecule has 1 aliphatic rings. The topological polar surface area (TPSA) is 27.7 Å². The van der Waals surface area contributed by atoms with Gasteiger partial charge in [-0.1, -0.05) is 18.2 Å². The molecule has 0 fully saturated rings. The highest BCUT2D eigenvalue weighted by atomic mass is 16.7. The van der Waals surface area contributed by atoms with Crippen LogP contribution in [0.5, 0.6) is 5.75 Å². The smallest absolute Gasteiger partial charge is 0.210 e. The molecule has 1 aromatic rings. The van der Waals surface area contributed by atoms with E-state index < -0.39 is 5.79 Å². The summed E-state index contributed by atoms with van der Waals surface area (Å²) in [5.74, 6) is 0.288. The van der Waals surface area contributed by atoms with Gasteiger partial charge in [0.1, 0.15) is 5.75 Å². The van der Waals surface area contributed by atoms with Gasteiger partial charge in [-0.15, -0.1) is 0 Å². The van der Waals surface area contributed by atoms with Crippen LogP contribution in [0.15, 0.2) is 24.3 Å². The largest absolute Gasteiger partial charge is 0.462 e. The Morgan fingerprint density at radius 2 is 2.06 bits per heavy atom. The lowest BCUT2D eigenvalue weighted by atomic mass is 9.97. The van der Waals surface area contributed by atoms with Crippen LogP contribution in [0.4, 0.5) is 0 Å². The van der Waals surface area contributed by atoms with Gasteiger partial charge in [0.25, 0.3) is 0 Å². The predicted molar refractivity (Wildman–Crippen MR) is 66.1 cm³/mol. The minimum atomic E-state index is -0.580. The molecule has 2 rings (SSSR count). The zero-order valence-electron chi connectivity index (χ0n) is 10.7. The molecular weight excluding hydrogens is 216 g/mol. The van der Waals surface area contributed by atoms with Crippen molar-refractivity contribution in [3.63, 3.8) is 0 Å². The Kier molecular flexibility index (Phi) is 3.69. The maximum absolute atomic E-state index is 5.93. The number of hydrogen-bond acceptors (Lipinski definition) is 3. The van der Waals surface area contributed by atoms with E-state index in [1.54, 1.807) is 0 Å². The summed E-state index contributed by atoms with van der Waals surface area (Å²) in [7, 11) is 0. The van der Waals surface area contributed by atoms with E-state index in [0.717, 1.165) is 17.7 Å². The number of benzene rings is 1. The third-order valence-electron chi connectivity index (χ3n) is 2.97. The summed E-state index contributed by atoms with van der Waals surface area (Å²) < 4.78 is 17.4. The Labute approximate surface area is 103 Å². The van der Waals surface area contributed by atoms with Crippen molar-refractivity contribution in [3.8, 4) is 5.75 Å². The molecule has 0 bridgehead atoms. The zero-order valence-corrected chi connectivity index (χ0v) is 10.7. The van der Waals surface area contributed by atoms with Gasteiger partial charge in [-0.2, -0.15) is 0 Å². The van der Waals surface area contributed by atoms with E-state index in [1.165, 1.54) is 0 Å². The van der Waals surface area contributed by atoms with Crippen LogP contribution < -0.4 is 4.74 Å². The van der Waals surface area contributed by atoms with Crippen LogP contribution in [-0.4, -0.2) is 19.0 Å². The minimum absolute atomic E-state index is 0.0569. The molecule has 0 aliphatic carbocycles. The van der Waals surface area contributed by atoms with Crippen LogP contribution in [0.3, 0.4) is 0 Å². The SMILES string of the molecule is CCO[C@H]1C[C@@](C)(OCC)Oc2ccccc21. The van der Waals surface area contributed by atoms with E-state index in [9.17, 15) is 0 Å². The molecule has 2 atom stereocenters. The average molecular weight is 236 g/mol. The van der Waals surface area contributed by atoms with Crippen molar-refractivity contribution in [3.05, 3.63) is 29.8 Å². The maximum Gasteiger partial charge on any atom is 0.210 e. The monoisotopic (exact) mass is 236 g/mol. The third kappa shape index (κ3) is 2.61. The van der Waals surface area contributed by atoms with E-state index in [1.807, 2.05) is 39.0 Å². The van der Waals surface area contributed by atoms with Crippen molar-refractivity contribution in [1.29, 1.82) is 0 Å². The van der Waals surface area contributed by atoms with Crippen LogP contribution in [0.1, 0.15) is 38.9 Å². The number of hydrogen-bond donors (Lipinski definition) is 0. The van der Waals surface area contributed by atoms with E-state index in [4.69, 9.17) is 14.2 Å². The molecule has 1 aromatic carbocycles. The van der Waals surface area contributed by atoms with Gasteiger partial charge in [-0.05, 0) is 19.9 Å². The minimum Gasteiger partial charge on any atom is -0.462 e. The van der Waals surface area contributed by atoms with E-state index in [0.29, 0.717) is 13.2 Å². The third-order valence-corrected chi connectivity index (χ3v) is 2.97. The molecule has 0 saturated carbocycles. The molecular formula is C14H20O3. The summed E-state index contributed by atoms with van der Waals surface area (Å²) in [6.45, 7) is 7.29. The highest BCUT2D eigenvalue weighted by Crippen LogP contribution is 2.41.